The third kappa shape index (κ3) is 3.50. The number of rotatable bonds is 5. The van der Waals surface area contributed by atoms with Gasteiger partial charge in [0.1, 0.15) is 24.4 Å². The number of hydrogen-bond acceptors (Lipinski definition) is 6. The predicted octanol–water partition coefficient (Wildman–Crippen LogP) is 2.18. The Morgan fingerprint density at radius 2 is 1.82 bits per heavy atom. The summed E-state index contributed by atoms with van der Waals surface area (Å²) in [4.78, 5) is 0. The van der Waals surface area contributed by atoms with E-state index in [0.29, 0.717) is 13.2 Å². The fraction of sp³-hybridized carbons (Fsp3) is 1.00. The van der Waals surface area contributed by atoms with Crippen LogP contribution in [0.25, 0.3) is 0 Å². The minimum absolute atomic E-state index is 0.176. The molecule has 3 fully saturated rings. The lowest BCUT2D eigenvalue weighted by Crippen LogP contribution is -2.44. The highest BCUT2D eigenvalue weighted by Gasteiger charge is 2.58. The normalized spacial score (nSPS) is 42.7. The van der Waals surface area contributed by atoms with E-state index >= 15 is 0 Å². The Bertz CT molecular complexity index is 401. The maximum atomic E-state index is 6.05. The largest absolute Gasteiger partial charge is 0.372 e. The molecule has 0 aromatic carbocycles. The van der Waals surface area contributed by atoms with Crippen LogP contribution in [0.5, 0.6) is 0 Å². The molecule has 0 saturated carbocycles. The van der Waals surface area contributed by atoms with Gasteiger partial charge in [-0.15, -0.1) is 0 Å². The molecule has 3 rings (SSSR count). The lowest BCUT2D eigenvalue weighted by molar-refractivity contribution is -0.235. The molecule has 0 N–H and O–H groups in total. The Morgan fingerprint density at radius 1 is 1.05 bits per heavy atom. The summed E-state index contributed by atoms with van der Waals surface area (Å²) in [5.41, 5.74) is 0. The molecule has 6 nitrogen and oxygen atoms in total. The fourth-order valence-corrected chi connectivity index (χ4v) is 3.37. The average Bonchev–Trinajstić information content (AvgIpc) is 3.01. The van der Waals surface area contributed by atoms with Crippen molar-refractivity contribution in [3.63, 3.8) is 0 Å². The second-order valence-corrected chi connectivity index (χ2v) is 7.61. The Balaban J connectivity index is 1.69. The van der Waals surface area contributed by atoms with E-state index in [4.69, 9.17) is 28.4 Å². The van der Waals surface area contributed by atoms with Crippen LogP contribution in [0.2, 0.25) is 0 Å². The number of hydrogen-bond donors (Lipinski definition) is 0. The Hall–Kier alpha value is 0.240. The van der Waals surface area contributed by atoms with Gasteiger partial charge in [-0.3, -0.25) is 0 Å². The minimum atomic E-state index is -0.649. The van der Waals surface area contributed by atoms with Crippen molar-refractivity contribution >= 4 is 15.9 Å². The number of halogens is 1. The standard InChI is InChI=1S/C15H25BrO6/c1-14(2)18-8-9(20-14)10-11(17-7-5-6-16)12-13(19-10)22-15(3,4)21-12/h9-13H,5-8H2,1-4H3/t9-,10-,11+,12+,13-/m1/s1. The van der Waals surface area contributed by atoms with Crippen LogP contribution in [0.4, 0.5) is 0 Å². The van der Waals surface area contributed by atoms with Crippen molar-refractivity contribution in [3.8, 4) is 0 Å². The van der Waals surface area contributed by atoms with Crippen molar-refractivity contribution in [2.75, 3.05) is 18.5 Å². The quantitative estimate of drug-likeness (QED) is 0.538. The molecule has 3 heterocycles. The highest BCUT2D eigenvalue weighted by molar-refractivity contribution is 9.09. The van der Waals surface area contributed by atoms with Gasteiger partial charge in [0.25, 0.3) is 0 Å². The highest BCUT2D eigenvalue weighted by atomic mass is 79.9. The first-order valence-corrected chi connectivity index (χ1v) is 8.94. The van der Waals surface area contributed by atoms with Crippen molar-refractivity contribution < 1.29 is 28.4 Å². The summed E-state index contributed by atoms with van der Waals surface area (Å²) >= 11 is 3.42. The maximum absolute atomic E-state index is 6.05. The van der Waals surface area contributed by atoms with E-state index < -0.39 is 17.9 Å². The Morgan fingerprint density at radius 3 is 2.45 bits per heavy atom. The molecular formula is C15H25BrO6. The molecule has 5 atom stereocenters. The molecule has 0 unspecified atom stereocenters. The van der Waals surface area contributed by atoms with Gasteiger partial charge in [-0.1, -0.05) is 15.9 Å². The lowest BCUT2D eigenvalue weighted by Gasteiger charge is -2.29. The molecule has 128 valence electrons. The topological polar surface area (TPSA) is 55.4 Å². The monoisotopic (exact) mass is 380 g/mol. The first-order valence-electron chi connectivity index (χ1n) is 7.82. The zero-order valence-corrected chi connectivity index (χ0v) is 15.1. The van der Waals surface area contributed by atoms with Gasteiger partial charge in [0, 0.05) is 11.9 Å². The van der Waals surface area contributed by atoms with Gasteiger partial charge >= 0.3 is 0 Å². The van der Waals surface area contributed by atoms with Gasteiger partial charge in [-0.05, 0) is 34.1 Å². The van der Waals surface area contributed by atoms with Crippen molar-refractivity contribution in [1.82, 2.24) is 0 Å². The molecule has 0 spiro atoms. The first-order chi connectivity index (χ1) is 10.3. The van der Waals surface area contributed by atoms with Crippen LogP contribution in [0, 0.1) is 0 Å². The number of alkyl halides is 1. The van der Waals surface area contributed by atoms with E-state index in [9.17, 15) is 0 Å². The van der Waals surface area contributed by atoms with E-state index in [1.165, 1.54) is 0 Å². The van der Waals surface area contributed by atoms with Gasteiger partial charge in [-0.2, -0.15) is 0 Å². The summed E-state index contributed by atoms with van der Waals surface area (Å²) in [6.07, 6.45) is -0.358. The Kier molecular flexibility index (Phi) is 4.87. The van der Waals surface area contributed by atoms with Crippen molar-refractivity contribution in [3.05, 3.63) is 0 Å². The van der Waals surface area contributed by atoms with Gasteiger partial charge < -0.3 is 28.4 Å². The molecule has 22 heavy (non-hydrogen) atoms. The zero-order chi connectivity index (χ0) is 16.0. The van der Waals surface area contributed by atoms with E-state index in [-0.39, 0.29) is 24.4 Å². The van der Waals surface area contributed by atoms with E-state index in [1.54, 1.807) is 0 Å². The third-order valence-electron chi connectivity index (χ3n) is 4.01. The van der Waals surface area contributed by atoms with Crippen molar-refractivity contribution in [2.45, 2.75) is 76.4 Å². The van der Waals surface area contributed by atoms with Gasteiger partial charge in [0.2, 0.25) is 0 Å². The molecule has 0 amide bonds. The van der Waals surface area contributed by atoms with Crippen LogP contribution in [-0.2, 0) is 28.4 Å². The summed E-state index contributed by atoms with van der Waals surface area (Å²) in [6.45, 7) is 8.70. The molecule has 0 aromatic rings. The summed E-state index contributed by atoms with van der Waals surface area (Å²) in [7, 11) is 0. The lowest BCUT2D eigenvalue weighted by atomic mass is 10.1. The molecule has 0 bridgehead atoms. The second-order valence-electron chi connectivity index (χ2n) is 6.81. The summed E-state index contributed by atoms with van der Waals surface area (Å²) in [5.74, 6) is -1.24. The second kappa shape index (κ2) is 6.27. The molecule has 0 aromatic heterocycles. The highest BCUT2D eigenvalue weighted by Crippen LogP contribution is 2.41. The average molecular weight is 381 g/mol. The van der Waals surface area contributed by atoms with Crippen LogP contribution in [0.1, 0.15) is 34.1 Å². The SMILES string of the molecule is CC1(C)O[C@H]2O[C@H]([C@H]3COC(C)(C)O3)[C@H](OCCCBr)[C@@H]2O1. The molecule has 7 heteroatoms. The Labute approximate surface area is 139 Å². The first kappa shape index (κ1) is 17.1. The third-order valence-corrected chi connectivity index (χ3v) is 4.57. The minimum Gasteiger partial charge on any atom is -0.372 e. The zero-order valence-electron chi connectivity index (χ0n) is 13.5. The van der Waals surface area contributed by atoms with E-state index in [0.717, 1.165) is 11.8 Å². The fourth-order valence-electron chi connectivity index (χ4n) is 3.14. The van der Waals surface area contributed by atoms with Crippen molar-refractivity contribution in [1.29, 1.82) is 0 Å². The number of ether oxygens (including phenoxy) is 6. The molecule has 3 aliphatic heterocycles. The van der Waals surface area contributed by atoms with Crippen molar-refractivity contribution in [2.24, 2.45) is 0 Å². The van der Waals surface area contributed by atoms with Gasteiger partial charge in [-0.25, -0.2) is 0 Å². The smallest absolute Gasteiger partial charge is 0.190 e. The predicted molar refractivity (Wildman–Crippen MR) is 81.8 cm³/mol. The van der Waals surface area contributed by atoms with Crippen LogP contribution in [0.3, 0.4) is 0 Å². The summed E-state index contributed by atoms with van der Waals surface area (Å²) in [6, 6.07) is 0. The van der Waals surface area contributed by atoms with Gasteiger partial charge in [0.15, 0.2) is 17.9 Å². The summed E-state index contributed by atoms with van der Waals surface area (Å²) < 4.78 is 35.5. The van der Waals surface area contributed by atoms with E-state index in [1.807, 2.05) is 27.7 Å². The number of fused-ring (bicyclic) bond motifs is 1. The van der Waals surface area contributed by atoms with Crippen LogP contribution < -0.4 is 0 Å². The van der Waals surface area contributed by atoms with Crippen LogP contribution in [-0.4, -0.2) is 60.8 Å². The molecule has 3 aliphatic rings. The molecule has 0 radical (unpaired) electrons. The van der Waals surface area contributed by atoms with Crippen LogP contribution in [0.15, 0.2) is 0 Å². The molecule has 0 aliphatic carbocycles. The van der Waals surface area contributed by atoms with Crippen LogP contribution >= 0.6 is 15.9 Å². The molecule has 3 saturated heterocycles. The molecular weight excluding hydrogens is 356 g/mol. The summed E-state index contributed by atoms with van der Waals surface area (Å²) in [5, 5.41) is 0.901. The maximum Gasteiger partial charge on any atom is 0.190 e. The van der Waals surface area contributed by atoms with Gasteiger partial charge in [0.05, 0.1) is 6.61 Å². The van der Waals surface area contributed by atoms with E-state index in [2.05, 4.69) is 15.9 Å².